The second-order valence-electron chi connectivity index (χ2n) is 5.16. The van der Waals surface area contributed by atoms with Crippen LogP contribution in [-0.4, -0.2) is 27.8 Å². The van der Waals surface area contributed by atoms with E-state index in [9.17, 15) is 4.79 Å². The number of carbonyl (C=O) groups is 1. The summed E-state index contributed by atoms with van der Waals surface area (Å²) in [5.74, 6) is 0.103. The van der Waals surface area contributed by atoms with Gasteiger partial charge in [0.15, 0.2) is 5.78 Å². The number of hydrogen-bond acceptors (Lipinski definition) is 3. The first-order valence-electron chi connectivity index (χ1n) is 7.18. The lowest BCUT2D eigenvalue weighted by Crippen LogP contribution is -2.39. The molecule has 0 fully saturated rings. The van der Waals surface area contributed by atoms with Crippen LogP contribution in [0.4, 0.5) is 0 Å². The molecule has 1 rings (SSSR count). The van der Waals surface area contributed by atoms with Crippen LogP contribution in [0, 0.1) is 0 Å². The van der Waals surface area contributed by atoms with Gasteiger partial charge in [0.1, 0.15) is 5.60 Å². The molecule has 0 aromatic carbocycles. The molecule has 4 nitrogen and oxygen atoms in total. The molecule has 0 saturated heterocycles. The Balaban J connectivity index is 2.73. The molecule has 0 N–H and O–H groups in total. The van der Waals surface area contributed by atoms with E-state index < -0.39 is 5.60 Å². The summed E-state index contributed by atoms with van der Waals surface area (Å²) in [5.41, 5.74) is 0.138. The van der Waals surface area contributed by atoms with Gasteiger partial charge in [-0.2, -0.15) is 5.10 Å². The van der Waals surface area contributed by atoms with E-state index in [2.05, 4.69) is 18.9 Å². The fourth-order valence-corrected chi connectivity index (χ4v) is 1.95. The quantitative estimate of drug-likeness (QED) is 0.726. The van der Waals surface area contributed by atoms with E-state index in [-0.39, 0.29) is 5.78 Å². The van der Waals surface area contributed by atoms with Gasteiger partial charge in [-0.05, 0) is 39.7 Å². The normalized spacial score (nSPS) is 16.1. The van der Waals surface area contributed by atoms with Crippen molar-refractivity contribution in [1.82, 2.24) is 9.78 Å². The van der Waals surface area contributed by atoms with Gasteiger partial charge in [0.25, 0.3) is 0 Å². The second kappa shape index (κ2) is 6.85. The predicted octanol–water partition coefficient (Wildman–Crippen LogP) is 3.17. The van der Waals surface area contributed by atoms with Gasteiger partial charge in [-0.25, -0.2) is 0 Å². The third kappa shape index (κ3) is 3.90. The standard InChI is InChI=1S/C15H26N2O2/c1-6-12(4)17-10-9-13(16-17)11-14(18)15(5,7-2)19-8-3/h9-10,12H,6-8,11H2,1-5H3. The number of ether oxygens (including phenoxy) is 1. The maximum Gasteiger partial charge on any atom is 0.170 e. The van der Waals surface area contributed by atoms with Crippen LogP contribution >= 0.6 is 0 Å². The van der Waals surface area contributed by atoms with Gasteiger partial charge in [0.05, 0.1) is 12.1 Å². The highest BCUT2D eigenvalue weighted by Gasteiger charge is 2.31. The number of aromatic nitrogens is 2. The van der Waals surface area contributed by atoms with Gasteiger partial charge in [-0.1, -0.05) is 13.8 Å². The Morgan fingerprint density at radius 2 is 2.16 bits per heavy atom. The van der Waals surface area contributed by atoms with Crippen LogP contribution in [0.5, 0.6) is 0 Å². The lowest BCUT2D eigenvalue weighted by Gasteiger charge is -2.26. The smallest absolute Gasteiger partial charge is 0.170 e. The minimum absolute atomic E-state index is 0.103. The lowest BCUT2D eigenvalue weighted by molar-refractivity contribution is -0.141. The topological polar surface area (TPSA) is 44.1 Å². The van der Waals surface area contributed by atoms with E-state index >= 15 is 0 Å². The van der Waals surface area contributed by atoms with Crippen LogP contribution in [0.2, 0.25) is 0 Å². The van der Waals surface area contributed by atoms with Gasteiger partial charge in [0.2, 0.25) is 0 Å². The van der Waals surface area contributed by atoms with Crippen molar-refractivity contribution < 1.29 is 9.53 Å². The molecule has 0 radical (unpaired) electrons. The zero-order valence-corrected chi connectivity index (χ0v) is 12.8. The van der Waals surface area contributed by atoms with E-state index in [1.54, 1.807) is 0 Å². The molecule has 2 atom stereocenters. The number of ketones is 1. The fraction of sp³-hybridized carbons (Fsp3) is 0.733. The summed E-state index contributed by atoms with van der Waals surface area (Å²) in [6.45, 7) is 10.6. The fourth-order valence-electron chi connectivity index (χ4n) is 1.95. The van der Waals surface area contributed by atoms with E-state index in [4.69, 9.17) is 4.74 Å². The molecule has 0 aliphatic carbocycles. The molecule has 4 heteroatoms. The third-order valence-electron chi connectivity index (χ3n) is 3.78. The molecule has 1 aromatic heterocycles. The zero-order chi connectivity index (χ0) is 14.5. The zero-order valence-electron chi connectivity index (χ0n) is 12.8. The van der Waals surface area contributed by atoms with Crippen molar-refractivity contribution in [2.45, 2.75) is 65.5 Å². The van der Waals surface area contributed by atoms with E-state index in [1.165, 1.54) is 0 Å². The number of Topliss-reactive ketones (excluding diaryl/α,β-unsaturated/α-hetero) is 1. The summed E-state index contributed by atoms with van der Waals surface area (Å²) in [6, 6.07) is 2.29. The number of carbonyl (C=O) groups excluding carboxylic acids is 1. The molecule has 0 bridgehead atoms. The maximum atomic E-state index is 12.3. The van der Waals surface area contributed by atoms with Crippen molar-refractivity contribution in [3.05, 3.63) is 18.0 Å². The SMILES string of the molecule is CCOC(C)(CC)C(=O)Cc1ccn(C(C)CC)n1. The Kier molecular flexibility index (Phi) is 5.73. The van der Waals surface area contributed by atoms with Crippen LogP contribution in [0.15, 0.2) is 12.3 Å². The maximum absolute atomic E-state index is 12.3. The average Bonchev–Trinajstić information content (AvgIpc) is 2.86. The van der Waals surface area contributed by atoms with Crippen LogP contribution < -0.4 is 0 Å². The molecule has 108 valence electrons. The highest BCUT2D eigenvalue weighted by molar-refractivity contribution is 5.88. The van der Waals surface area contributed by atoms with Crippen molar-refractivity contribution >= 4 is 5.78 Å². The van der Waals surface area contributed by atoms with Crippen molar-refractivity contribution in [2.75, 3.05) is 6.61 Å². The van der Waals surface area contributed by atoms with Crippen molar-refractivity contribution in [2.24, 2.45) is 0 Å². The highest BCUT2D eigenvalue weighted by atomic mass is 16.5. The summed E-state index contributed by atoms with van der Waals surface area (Å²) in [4.78, 5) is 12.3. The molecule has 0 amide bonds. The first-order valence-corrected chi connectivity index (χ1v) is 7.18. The summed E-state index contributed by atoms with van der Waals surface area (Å²) in [5, 5.41) is 4.47. The molecule has 1 heterocycles. The Labute approximate surface area is 116 Å². The first kappa shape index (κ1) is 15.9. The summed E-state index contributed by atoms with van der Waals surface area (Å²) in [6.07, 6.45) is 4.00. The lowest BCUT2D eigenvalue weighted by atomic mass is 9.94. The molecule has 0 aliphatic rings. The van der Waals surface area contributed by atoms with Gasteiger partial charge in [0, 0.05) is 18.8 Å². The molecule has 0 aliphatic heterocycles. The van der Waals surface area contributed by atoms with Crippen LogP contribution in [0.25, 0.3) is 0 Å². The average molecular weight is 266 g/mol. The minimum Gasteiger partial charge on any atom is -0.368 e. The first-order chi connectivity index (χ1) is 8.96. The van der Waals surface area contributed by atoms with Crippen LogP contribution in [-0.2, 0) is 16.0 Å². The second-order valence-corrected chi connectivity index (χ2v) is 5.16. The number of nitrogens with zero attached hydrogens (tertiary/aromatic N) is 2. The molecule has 19 heavy (non-hydrogen) atoms. The Morgan fingerprint density at radius 3 is 2.68 bits per heavy atom. The van der Waals surface area contributed by atoms with Crippen LogP contribution in [0.3, 0.4) is 0 Å². The Morgan fingerprint density at radius 1 is 1.47 bits per heavy atom. The molecule has 0 spiro atoms. The largest absolute Gasteiger partial charge is 0.368 e. The van der Waals surface area contributed by atoms with Crippen molar-refractivity contribution in [3.63, 3.8) is 0 Å². The predicted molar refractivity (Wildman–Crippen MR) is 76.3 cm³/mol. The van der Waals surface area contributed by atoms with Gasteiger partial charge in [-0.15, -0.1) is 0 Å². The number of rotatable bonds is 8. The van der Waals surface area contributed by atoms with Crippen LogP contribution in [0.1, 0.15) is 59.2 Å². The Bertz CT molecular complexity index is 414. The highest BCUT2D eigenvalue weighted by Crippen LogP contribution is 2.19. The van der Waals surface area contributed by atoms with Gasteiger partial charge < -0.3 is 4.74 Å². The van der Waals surface area contributed by atoms with E-state index in [0.29, 0.717) is 25.5 Å². The number of hydrogen-bond donors (Lipinski definition) is 0. The molecular weight excluding hydrogens is 240 g/mol. The molecule has 0 saturated carbocycles. The van der Waals surface area contributed by atoms with E-state index in [0.717, 1.165) is 12.1 Å². The summed E-state index contributed by atoms with van der Waals surface area (Å²) >= 11 is 0. The molecule has 2 unspecified atom stereocenters. The van der Waals surface area contributed by atoms with Crippen molar-refractivity contribution in [1.29, 1.82) is 0 Å². The monoisotopic (exact) mass is 266 g/mol. The third-order valence-corrected chi connectivity index (χ3v) is 3.78. The summed E-state index contributed by atoms with van der Waals surface area (Å²) in [7, 11) is 0. The summed E-state index contributed by atoms with van der Waals surface area (Å²) < 4.78 is 7.53. The van der Waals surface area contributed by atoms with Crippen molar-refractivity contribution in [3.8, 4) is 0 Å². The van der Waals surface area contributed by atoms with Gasteiger partial charge >= 0.3 is 0 Å². The molecular formula is C15H26N2O2. The van der Waals surface area contributed by atoms with E-state index in [1.807, 2.05) is 37.7 Å². The van der Waals surface area contributed by atoms with Gasteiger partial charge in [-0.3, -0.25) is 9.48 Å². The minimum atomic E-state index is -0.686. The Hall–Kier alpha value is -1.16. The molecule has 1 aromatic rings.